The number of nitrogens with one attached hydrogen (secondary N) is 2. The molecular formula is C15H24N2O3S. The van der Waals surface area contributed by atoms with E-state index in [4.69, 9.17) is 4.74 Å². The van der Waals surface area contributed by atoms with Gasteiger partial charge in [0, 0.05) is 24.2 Å². The van der Waals surface area contributed by atoms with Gasteiger partial charge in [-0.2, -0.15) is 0 Å². The molecule has 0 aliphatic heterocycles. The summed E-state index contributed by atoms with van der Waals surface area (Å²) < 4.78 is 32.7. The van der Waals surface area contributed by atoms with Crippen molar-refractivity contribution in [2.24, 2.45) is 0 Å². The molecule has 1 fully saturated rings. The van der Waals surface area contributed by atoms with Crippen LogP contribution < -0.4 is 14.8 Å². The van der Waals surface area contributed by atoms with Gasteiger partial charge in [0.1, 0.15) is 5.75 Å². The summed E-state index contributed by atoms with van der Waals surface area (Å²) in [6, 6.07) is 5.48. The summed E-state index contributed by atoms with van der Waals surface area (Å²) in [6.45, 7) is 4.43. The van der Waals surface area contributed by atoms with Crippen LogP contribution in [0, 0.1) is 0 Å². The van der Waals surface area contributed by atoms with Crippen LogP contribution in [0.3, 0.4) is 0 Å². The molecule has 0 aromatic heterocycles. The van der Waals surface area contributed by atoms with Crippen LogP contribution in [0.15, 0.2) is 23.1 Å². The highest BCUT2D eigenvalue weighted by Gasteiger charge is 2.22. The predicted molar refractivity (Wildman–Crippen MR) is 82.9 cm³/mol. The molecule has 1 aliphatic carbocycles. The van der Waals surface area contributed by atoms with Crippen LogP contribution >= 0.6 is 0 Å². The van der Waals surface area contributed by atoms with Crippen molar-refractivity contribution in [3.05, 3.63) is 23.8 Å². The molecule has 0 heterocycles. The van der Waals surface area contributed by atoms with Crippen molar-refractivity contribution in [3.63, 3.8) is 0 Å². The van der Waals surface area contributed by atoms with Crippen LogP contribution in [-0.2, 0) is 16.6 Å². The van der Waals surface area contributed by atoms with E-state index in [2.05, 4.69) is 10.0 Å². The lowest BCUT2D eigenvalue weighted by atomic mass is 10.2. The molecule has 6 heteroatoms. The van der Waals surface area contributed by atoms with E-state index in [1.54, 1.807) is 25.3 Å². The monoisotopic (exact) mass is 312 g/mol. The lowest BCUT2D eigenvalue weighted by molar-refractivity contribution is 0.407. The molecular weight excluding hydrogens is 288 g/mol. The van der Waals surface area contributed by atoms with Gasteiger partial charge in [-0.25, -0.2) is 13.1 Å². The molecule has 0 bridgehead atoms. The Morgan fingerprint density at radius 3 is 2.67 bits per heavy atom. The van der Waals surface area contributed by atoms with Crippen molar-refractivity contribution < 1.29 is 13.2 Å². The zero-order valence-electron chi connectivity index (χ0n) is 12.8. The van der Waals surface area contributed by atoms with E-state index >= 15 is 0 Å². The first-order chi connectivity index (χ1) is 9.96. The van der Waals surface area contributed by atoms with Crippen LogP contribution in [-0.4, -0.2) is 27.6 Å². The minimum Gasteiger partial charge on any atom is -0.496 e. The molecule has 2 rings (SSSR count). The predicted octanol–water partition coefficient (Wildman–Crippen LogP) is 2.02. The topological polar surface area (TPSA) is 67.4 Å². The Kier molecular flexibility index (Phi) is 5.24. The maximum atomic E-state index is 12.3. The number of benzene rings is 1. The maximum absolute atomic E-state index is 12.3. The highest BCUT2D eigenvalue weighted by atomic mass is 32.2. The van der Waals surface area contributed by atoms with Gasteiger partial charge in [0.2, 0.25) is 10.0 Å². The second-order valence-electron chi connectivity index (χ2n) is 5.56. The molecule has 1 aromatic carbocycles. The molecule has 0 spiro atoms. The molecule has 118 valence electrons. The Labute approximate surface area is 127 Å². The Morgan fingerprint density at radius 2 is 2.10 bits per heavy atom. The van der Waals surface area contributed by atoms with E-state index in [0.717, 1.165) is 12.0 Å². The average molecular weight is 312 g/mol. The van der Waals surface area contributed by atoms with Gasteiger partial charge in [-0.15, -0.1) is 0 Å². The maximum Gasteiger partial charge on any atom is 0.240 e. The average Bonchev–Trinajstić information content (AvgIpc) is 3.28. The molecule has 0 saturated heterocycles. The van der Waals surface area contributed by atoms with Gasteiger partial charge in [0.25, 0.3) is 0 Å². The van der Waals surface area contributed by atoms with Gasteiger partial charge in [-0.1, -0.05) is 6.92 Å². The van der Waals surface area contributed by atoms with Gasteiger partial charge in [-0.05, 0) is 44.4 Å². The Morgan fingerprint density at radius 1 is 1.38 bits per heavy atom. The zero-order chi connectivity index (χ0) is 15.5. The molecule has 21 heavy (non-hydrogen) atoms. The summed E-state index contributed by atoms with van der Waals surface area (Å²) in [5, 5.41) is 3.38. The van der Waals surface area contributed by atoms with E-state index in [0.29, 0.717) is 18.3 Å². The van der Waals surface area contributed by atoms with Crippen molar-refractivity contribution in [3.8, 4) is 5.75 Å². The van der Waals surface area contributed by atoms with Gasteiger partial charge in [-0.3, -0.25) is 0 Å². The molecule has 1 aromatic rings. The number of ether oxygens (including phenoxy) is 1. The normalized spacial score (nSPS) is 16.7. The Balaban J connectivity index is 2.20. The fourth-order valence-corrected chi connectivity index (χ4v) is 3.40. The number of hydrogen-bond acceptors (Lipinski definition) is 4. The Bertz CT molecular complexity index is 583. The van der Waals surface area contributed by atoms with Crippen LogP contribution in [0.1, 0.15) is 38.7 Å². The summed E-state index contributed by atoms with van der Waals surface area (Å²) >= 11 is 0. The molecule has 1 atom stereocenters. The standard InChI is InChI=1S/C15H24N2O3S/c1-4-11(2)17-21(18,19)14-7-8-15(20-3)12(9-14)10-16-13-5-6-13/h7-9,11,13,16-17H,4-6,10H2,1-3H3. The summed E-state index contributed by atoms with van der Waals surface area (Å²) in [6.07, 6.45) is 3.14. The van der Waals surface area contributed by atoms with Gasteiger partial charge >= 0.3 is 0 Å². The molecule has 0 radical (unpaired) electrons. The summed E-state index contributed by atoms with van der Waals surface area (Å²) in [4.78, 5) is 0.288. The van der Waals surface area contributed by atoms with Crippen molar-refractivity contribution in [1.82, 2.24) is 10.0 Å². The molecule has 1 aliphatic rings. The first kappa shape index (κ1) is 16.3. The van der Waals surface area contributed by atoms with Crippen LogP contribution in [0.5, 0.6) is 5.75 Å². The van der Waals surface area contributed by atoms with E-state index in [-0.39, 0.29) is 10.9 Å². The summed E-state index contributed by atoms with van der Waals surface area (Å²) in [5.41, 5.74) is 0.872. The third-order valence-corrected chi connectivity index (χ3v) is 5.28. The van der Waals surface area contributed by atoms with E-state index < -0.39 is 10.0 Å². The van der Waals surface area contributed by atoms with Gasteiger partial charge < -0.3 is 10.1 Å². The van der Waals surface area contributed by atoms with Gasteiger partial charge in [0.15, 0.2) is 0 Å². The summed E-state index contributed by atoms with van der Waals surface area (Å²) in [7, 11) is -1.88. The fraction of sp³-hybridized carbons (Fsp3) is 0.600. The molecule has 2 N–H and O–H groups in total. The highest BCUT2D eigenvalue weighted by Crippen LogP contribution is 2.25. The van der Waals surface area contributed by atoms with Crippen molar-refractivity contribution in [1.29, 1.82) is 0 Å². The van der Waals surface area contributed by atoms with Gasteiger partial charge in [0.05, 0.1) is 12.0 Å². The third-order valence-electron chi connectivity index (χ3n) is 3.69. The minimum atomic E-state index is -3.48. The number of hydrogen-bond donors (Lipinski definition) is 2. The van der Waals surface area contributed by atoms with Crippen molar-refractivity contribution >= 4 is 10.0 Å². The highest BCUT2D eigenvalue weighted by molar-refractivity contribution is 7.89. The number of sulfonamides is 1. The molecule has 5 nitrogen and oxygen atoms in total. The zero-order valence-corrected chi connectivity index (χ0v) is 13.7. The molecule has 1 saturated carbocycles. The number of methoxy groups -OCH3 is 1. The molecule has 0 amide bonds. The van der Waals surface area contributed by atoms with Crippen LogP contribution in [0.25, 0.3) is 0 Å². The van der Waals surface area contributed by atoms with Crippen molar-refractivity contribution in [2.45, 2.75) is 56.6 Å². The molecule has 1 unspecified atom stereocenters. The van der Waals surface area contributed by atoms with E-state index in [1.165, 1.54) is 12.8 Å². The van der Waals surface area contributed by atoms with E-state index in [1.807, 2.05) is 13.8 Å². The first-order valence-electron chi connectivity index (χ1n) is 7.39. The fourth-order valence-electron chi connectivity index (χ4n) is 2.02. The second kappa shape index (κ2) is 6.77. The van der Waals surface area contributed by atoms with Crippen LogP contribution in [0.2, 0.25) is 0 Å². The van der Waals surface area contributed by atoms with Crippen LogP contribution in [0.4, 0.5) is 0 Å². The van der Waals surface area contributed by atoms with Crippen molar-refractivity contribution in [2.75, 3.05) is 7.11 Å². The second-order valence-corrected chi connectivity index (χ2v) is 7.27. The summed E-state index contributed by atoms with van der Waals surface area (Å²) in [5.74, 6) is 0.714. The quantitative estimate of drug-likeness (QED) is 0.771. The smallest absolute Gasteiger partial charge is 0.240 e. The van der Waals surface area contributed by atoms with E-state index in [9.17, 15) is 8.42 Å². The first-order valence-corrected chi connectivity index (χ1v) is 8.87. The lowest BCUT2D eigenvalue weighted by Gasteiger charge is -2.15. The Hall–Kier alpha value is -1.11. The third kappa shape index (κ3) is 4.43. The largest absolute Gasteiger partial charge is 0.496 e. The SMILES string of the molecule is CCC(C)NS(=O)(=O)c1ccc(OC)c(CNC2CC2)c1. The minimum absolute atomic E-state index is 0.0786. The number of rotatable bonds is 8. The lowest BCUT2D eigenvalue weighted by Crippen LogP contribution is -2.32.